The molecular formula is C14H14FN3O2. The second-order valence-electron chi connectivity index (χ2n) is 4.49. The average Bonchev–Trinajstić information content (AvgIpc) is 2.40. The third kappa shape index (κ3) is 3.03. The number of hydrogen-bond donors (Lipinski definition) is 1. The van der Waals surface area contributed by atoms with Crippen LogP contribution in [0.15, 0.2) is 42.5 Å². The molecule has 0 bridgehead atoms. The number of rotatable bonds is 4. The fraction of sp³-hybridized carbons (Fsp3) is 0.143. The van der Waals surface area contributed by atoms with E-state index in [1.807, 2.05) is 0 Å². The second kappa shape index (κ2) is 5.56. The molecule has 0 radical (unpaired) electrons. The van der Waals surface area contributed by atoms with Gasteiger partial charge in [0.2, 0.25) is 0 Å². The Morgan fingerprint density at radius 1 is 1.30 bits per heavy atom. The number of nitrogen functional groups attached to an aromatic ring is 1. The number of nitro groups is 1. The fourth-order valence-electron chi connectivity index (χ4n) is 1.92. The summed E-state index contributed by atoms with van der Waals surface area (Å²) in [6.07, 6.45) is 0. The lowest BCUT2D eigenvalue weighted by Gasteiger charge is -2.20. The molecule has 0 aliphatic heterocycles. The Kier molecular flexibility index (Phi) is 3.84. The Balaban J connectivity index is 2.27. The van der Waals surface area contributed by atoms with Gasteiger partial charge >= 0.3 is 0 Å². The SMILES string of the molecule is CN(Cc1ccccc1F)c1cc(N)cc([N+](=O)[O-])c1. The molecule has 0 heterocycles. The fourth-order valence-corrected chi connectivity index (χ4v) is 1.92. The molecule has 0 aliphatic rings. The van der Waals surface area contributed by atoms with Crippen LogP contribution >= 0.6 is 0 Å². The standard InChI is InChI=1S/C14H14FN3O2/c1-17(9-10-4-2-3-5-14(10)15)12-6-11(16)7-13(8-12)18(19)20/h2-8H,9,16H2,1H3. The van der Waals surface area contributed by atoms with Crippen LogP contribution in [0.2, 0.25) is 0 Å². The highest BCUT2D eigenvalue weighted by molar-refractivity contribution is 5.62. The largest absolute Gasteiger partial charge is 0.398 e. The summed E-state index contributed by atoms with van der Waals surface area (Å²) in [5.41, 5.74) is 6.95. The predicted octanol–water partition coefficient (Wildman–Crippen LogP) is 2.95. The molecule has 0 saturated carbocycles. The number of halogens is 1. The number of nitro benzene ring substituents is 1. The number of anilines is 2. The van der Waals surface area contributed by atoms with Crippen molar-refractivity contribution in [3.8, 4) is 0 Å². The molecule has 104 valence electrons. The van der Waals surface area contributed by atoms with Crippen molar-refractivity contribution in [2.75, 3.05) is 17.7 Å². The summed E-state index contributed by atoms with van der Waals surface area (Å²) in [5, 5.41) is 10.8. The Morgan fingerprint density at radius 3 is 2.65 bits per heavy atom. The third-order valence-corrected chi connectivity index (χ3v) is 2.94. The van der Waals surface area contributed by atoms with Gasteiger partial charge in [0.1, 0.15) is 5.82 Å². The van der Waals surface area contributed by atoms with Gasteiger partial charge in [-0.2, -0.15) is 0 Å². The van der Waals surface area contributed by atoms with Crippen LogP contribution in [0, 0.1) is 15.9 Å². The molecule has 2 N–H and O–H groups in total. The molecule has 0 aliphatic carbocycles. The summed E-state index contributed by atoms with van der Waals surface area (Å²) >= 11 is 0. The molecule has 0 atom stereocenters. The molecule has 2 aromatic carbocycles. The van der Waals surface area contributed by atoms with Crippen molar-refractivity contribution in [1.82, 2.24) is 0 Å². The van der Waals surface area contributed by atoms with Crippen molar-refractivity contribution in [3.63, 3.8) is 0 Å². The molecule has 6 heteroatoms. The predicted molar refractivity (Wildman–Crippen MR) is 76.0 cm³/mol. The monoisotopic (exact) mass is 275 g/mol. The van der Waals surface area contributed by atoms with E-state index in [9.17, 15) is 14.5 Å². The van der Waals surface area contributed by atoms with Crippen molar-refractivity contribution < 1.29 is 9.31 Å². The van der Waals surface area contributed by atoms with Crippen molar-refractivity contribution >= 4 is 17.1 Å². The number of benzene rings is 2. The molecule has 0 saturated heterocycles. The van der Waals surface area contributed by atoms with E-state index in [0.717, 1.165) is 0 Å². The van der Waals surface area contributed by atoms with Crippen molar-refractivity contribution in [3.05, 3.63) is 64.0 Å². The zero-order valence-electron chi connectivity index (χ0n) is 10.9. The maximum atomic E-state index is 13.6. The van der Waals surface area contributed by atoms with E-state index in [4.69, 9.17) is 5.73 Å². The normalized spacial score (nSPS) is 10.3. The first kappa shape index (κ1) is 13.8. The minimum absolute atomic E-state index is 0.0830. The van der Waals surface area contributed by atoms with E-state index in [1.165, 1.54) is 18.2 Å². The minimum atomic E-state index is -0.503. The Morgan fingerprint density at radius 2 is 2.00 bits per heavy atom. The zero-order valence-corrected chi connectivity index (χ0v) is 10.9. The topological polar surface area (TPSA) is 72.4 Å². The van der Waals surface area contributed by atoms with Gasteiger partial charge in [-0.05, 0) is 12.1 Å². The maximum absolute atomic E-state index is 13.6. The molecule has 5 nitrogen and oxygen atoms in total. The minimum Gasteiger partial charge on any atom is -0.398 e. The van der Waals surface area contributed by atoms with Crippen LogP contribution in [0.4, 0.5) is 21.5 Å². The Hall–Kier alpha value is -2.63. The molecule has 0 fully saturated rings. The zero-order chi connectivity index (χ0) is 14.7. The highest BCUT2D eigenvalue weighted by atomic mass is 19.1. The summed E-state index contributed by atoms with van der Waals surface area (Å²) < 4.78 is 13.6. The highest BCUT2D eigenvalue weighted by Crippen LogP contribution is 2.26. The van der Waals surface area contributed by atoms with Crippen LogP contribution in [0.5, 0.6) is 0 Å². The Labute approximate surface area is 115 Å². The smallest absolute Gasteiger partial charge is 0.273 e. The lowest BCUT2D eigenvalue weighted by Crippen LogP contribution is -2.17. The molecule has 0 unspecified atom stereocenters. The summed E-state index contributed by atoms with van der Waals surface area (Å²) in [7, 11) is 1.73. The summed E-state index contributed by atoms with van der Waals surface area (Å²) in [6, 6.07) is 10.7. The second-order valence-corrected chi connectivity index (χ2v) is 4.49. The van der Waals surface area contributed by atoms with Gasteiger partial charge < -0.3 is 10.6 Å². The van der Waals surface area contributed by atoms with Crippen LogP contribution in [0.25, 0.3) is 0 Å². The van der Waals surface area contributed by atoms with E-state index >= 15 is 0 Å². The van der Waals surface area contributed by atoms with Gasteiger partial charge in [-0.25, -0.2) is 4.39 Å². The van der Waals surface area contributed by atoms with Gasteiger partial charge in [0.25, 0.3) is 5.69 Å². The average molecular weight is 275 g/mol. The summed E-state index contributed by atoms with van der Waals surface area (Å²) in [6.45, 7) is 0.299. The first-order valence-electron chi connectivity index (χ1n) is 5.97. The van der Waals surface area contributed by atoms with Gasteiger partial charge in [0.15, 0.2) is 0 Å². The number of nitrogens with two attached hydrogens (primary N) is 1. The lowest BCUT2D eigenvalue weighted by atomic mass is 10.2. The van der Waals surface area contributed by atoms with Crippen LogP contribution in [-0.4, -0.2) is 12.0 Å². The van der Waals surface area contributed by atoms with Gasteiger partial charge in [0.05, 0.1) is 4.92 Å². The lowest BCUT2D eigenvalue weighted by molar-refractivity contribution is -0.384. The van der Waals surface area contributed by atoms with Crippen LogP contribution in [-0.2, 0) is 6.54 Å². The number of hydrogen-bond acceptors (Lipinski definition) is 4. The maximum Gasteiger partial charge on any atom is 0.273 e. The first-order chi connectivity index (χ1) is 9.47. The van der Waals surface area contributed by atoms with Crippen molar-refractivity contribution in [2.24, 2.45) is 0 Å². The van der Waals surface area contributed by atoms with Gasteiger partial charge in [-0.15, -0.1) is 0 Å². The molecule has 20 heavy (non-hydrogen) atoms. The molecule has 2 rings (SSSR count). The summed E-state index contributed by atoms with van der Waals surface area (Å²) in [5.74, 6) is -0.308. The number of nitrogens with zero attached hydrogens (tertiary/aromatic N) is 2. The van der Waals surface area contributed by atoms with E-state index in [0.29, 0.717) is 23.5 Å². The molecular weight excluding hydrogens is 261 g/mol. The third-order valence-electron chi connectivity index (χ3n) is 2.94. The van der Waals surface area contributed by atoms with Gasteiger partial charge in [0, 0.05) is 42.7 Å². The molecule has 0 amide bonds. The van der Waals surface area contributed by atoms with E-state index in [2.05, 4.69) is 0 Å². The summed E-state index contributed by atoms with van der Waals surface area (Å²) in [4.78, 5) is 12.0. The molecule has 0 aromatic heterocycles. The number of non-ortho nitro benzene ring substituents is 1. The van der Waals surface area contributed by atoms with Crippen molar-refractivity contribution in [1.29, 1.82) is 0 Å². The van der Waals surface area contributed by atoms with Gasteiger partial charge in [-0.3, -0.25) is 10.1 Å². The highest BCUT2D eigenvalue weighted by Gasteiger charge is 2.12. The van der Waals surface area contributed by atoms with E-state index in [1.54, 1.807) is 36.2 Å². The Bertz CT molecular complexity index is 646. The van der Waals surface area contributed by atoms with Crippen LogP contribution in [0.3, 0.4) is 0 Å². The van der Waals surface area contributed by atoms with Crippen molar-refractivity contribution in [2.45, 2.75) is 6.54 Å². The molecule has 0 spiro atoms. The van der Waals surface area contributed by atoms with Crippen LogP contribution < -0.4 is 10.6 Å². The molecule has 2 aromatic rings. The van der Waals surface area contributed by atoms with Gasteiger partial charge in [-0.1, -0.05) is 18.2 Å². The van der Waals surface area contributed by atoms with E-state index < -0.39 is 4.92 Å². The first-order valence-corrected chi connectivity index (χ1v) is 5.97. The quantitative estimate of drug-likeness (QED) is 0.529. The van der Waals surface area contributed by atoms with Crippen LogP contribution in [0.1, 0.15) is 5.56 Å². The van der Waals surface area contributed by atoms with E-state index in [-0.39, 0.29) is 11.5 Å².